The quantitative estimate of drug-likeness (QED) is 0.815. The molecule has 1 aromatic carbocycles. The normalized spacial score (nSPS) is 29.7. The lowest BCUT2D eigenvalue weighted by molar-refractivity contribution is -0.134. The number of ether oxygens (including phenoxy) is 1. The van der Waals surface area contributed by atoms with Gasteiger partial charge in [-0.15, -0.1) is 0 Å². The summed E-state index contributed by atoms with van der Waals surface area (Å²) < 4.78 is 33.7. The molecule has 3 saturated heterocycles. The number of nitrogens with zero attached hydrogens (tertiary/aromatic N) is 2. The summed E-state index contributed by atoms with van der Waals surface area (Å²) in [7, 11) is 0. The van der Waals surface area contributed by atoms with Crippen LogP contribution in [0.5, 0.6) is 0 Å². The lowest BCUT2D eigenvalue weighted by Gasteiger charge is -2.45. The van der Waals surface area contributed by atoms with Crippen molar-refractivity contribution in [1.29, 1.82) is 0 Å². The Hall–Kier alpha value is -1.57. The third-order valence-corrected chi connectivity index (χ3v) is 7.28. The number of likely N-dealkylation sites (tertiary alicyclic amines) is 2. The van der Waals surface area contributed by atoms with Crippen LogP contribution in [-0.2, 0) is 9.53 Å². The molecule has 7 heteroatoms. The fraction of sp³-hybridized carbons (Fsp3) is 0.696. The van der Waals surface area contributed by atoms with Crippen LogP contribution in [0.2, 0.25) is 0 Å². The smallest absolute Gasteiger partial charge is 0.225 e. The monoisotopic (exact) mass is 421 g/mol. The maximum absolute atomic E-state index is 14.1. The van der Waals surface area contributed by atoms with Gasteiger partial charge >= 0.3 is 0 Å². The Kier molecular flexibility index (Phi) is 6.15. The van der Waals surface area contributed by atoms with Gasteiger partial charge in [-0.3, -0.25) is 9.69 Å². The van der Waals surface area contributed by atoms with Crippen molar-refractivity contribution in [3.8, 4) is 0 Å². The minimum absolute atomic E-state index is 0.0528. The Morgan fingerprint density at radius 1 is 1.20 bits per heavy atom. The van der Waals surface area contributed by atoms with E-state index in [1.807, 2.05) is 18.7 Å². The van der Waals surface area contributed by atoms with Crippen molar-refractivity contribution in [3.63, 3.8) is 0 Å². The van der Waals surface area contributed by atoms with Gasteiger partial charge in [0.05, 0.1) is 6.61 Å². The molecule has 0 aliphatic carbocycles. The second kappa shape index (κ2) is 8.52. The highest BCUT2D eigenvalue weighted by Crippen LogP contribution is 2.42. The maximum Gasteiger partial charge on any atom is 0.225 e. The number of carbonyl (C=O) groups excluding carboxylic acids is 1. The second-order valence-corrected chi connectivity index (χ2v) is 9.67. The molecule has 0 aromatic heterocycles. The molecule has 3 aliphatic heterocycles. The van der Waals surface area contributed by atoms with Gasteiger partial charge in [-0.2, -0.15) is 0 Å². The second-order valence-electron chi connectivity index (χ2n) is 9.67. The van der Waals surface area contributed by atoms with Gasteiger partial charge in [0.25, 0.3) is 0 Å². The Bertz CT molecular complexity index is 780. The van der Waals surface area contributed by atoms with Crippen molar-refractivity contribution in [3.05, 3.63) is 35.4 Å². The Morgan fingerprint density at radius 3 is 2.57 bits per heavy atom. The van der Waals surface area contributed by atoms with Crippen LogP contribution >= 0.6 is 0 Å². The van der Waals surface area contributed by atoms with Crippen LogP contribution in [-0.4, -0.2) is 60.6 Å². The minimum Gasteiger partial charge on any atom is -0.370 e. The van der Waals surface area contributed by atoms with Crippen LogP contribution in [0.25, 0.3) is 0 Å². The van der Waals surface area contributed by atoms with Crippen LogP contribution < -0.4 is 5.73 Å². The average Bonchev–Trinajstić information content (AvgIpc) is 3.13. The summed E-state index contributed by atoms with van der Waals surface area (Å²) in [6.45, 7) is 8.07. The number of amides is 1. The van der Waals surface area contributed by atoms with Crippen molar-refractivity contribution in [2.45, 2.75) is 57.7 Å². The van der Waals surface area contributed by atoms with Crippen molar-refractivity contribution in [2.75, 3.05) is 32.8 Å². The first kappa shape index (κ1) is 21.7. The summed E-state index contributed by atoms with van der Waals surface area (Å²) in [4.78, 5) is 16.8. The molecule has 1 aromatic rings. The lowest BCUT2D eigenvalue weighted by Crippen LogP contribution is -2.53. The molecular weight excluding hydrogens is 388 g/mol. The molecule has 0 bridgehead atoms. The number of rotatable bonds is 3. The van der Waals surface area contributed by atoms with E-state index < -0.39 is 17.7 Å². The molecule has 3 aliphatic rings. The summed E-state index contributed by atoms with van der Waals surface area (Å²) in [5.41, 5.74) is 6.79. The molecule has 0 radical (unpaired) electrons. The summed E-state index contributed by atoms with van der Waals surface area (Å²) in [5, 5.41) is 0. The zero-order valence-corrected chi connectivity index (χ0v) is 17.9. The average molecular weight is 422 g/mol. The van der Waals surface area contributed by atoms with E-state index in [-0.39, 0.29) is 34.9 Å². The number of nitrogens with two attached hydrogens (primary N) is 1. The summed E-state index contributed by atoms with van der Waals surface area (Å²) in [6, 6.07) is 3.25. The van der Waals surface area contributed by atoms with Crippen molar-refractivity contribution < 1.29 is 18.3 Å². The van der Waals surface area contributed by atoms with E-state index in [0.717, 1.165) is 57.6 Å². The number of hydrogen-bond donors (Lipinski definition) is 1. The molecular formula is C23H33F2N3O2. The van der Waals surface area contributed by atoms with E-state index in [4.69, 9.17) is 10.5 Å². The van der Waals surface area contributed by atoms with Gasteiger partial charge in [-0.05, 0) is 62.4 Å². The van der Waals surface area contributed by atoms with Crippen molar-refractivity contribution >= 4 is 5.91 Å². The summed E-state index contributed by atoms with van der Waals surface area (Å²) in [5.74, 6) is -0.641. The van der Waals surface area contributed by atoms with Crippen LogP contribution in [0.15, 0.2) is 18.2 Å². The summed E-state index contributed by atoms with van der Waals surface area (Å²) in [6.07, 6.45) is 3.32. The number of halogens is 2. The molecule has 1 spiro atoms. The van der Waals surface area contributed by atoms with Crippen LogP contribution in [0.3, 0.4) is 0 Å². The highest BCUT2D eigenvalue weighted by molar-refractivity contribution is 5.78. The lowest BCUT2D eigenvalue weighted by atomic mass is 9.77. The Balaban J connectivity index is 1.32. The molecule has 1 amide bonds. The molecule has 0 unspecified atom stereocenters. The zero-order valence-electron chi connectivity index (χ0n) is 17.9. The first-order valence-electron chi connectivity index (χ1n) is 11.1. The molecule has 4 rings (SSSR count). The van der Waals surface area contributed by atoms with Gasteiger partial charge in [0.15, 0.2) is 0 Å². The maximum atomic E-state index is 14.1. The molecule has 2 N–H and O–H groups in total. The summed E-state index contributed by atoms with van der Waals surface area (Å²) >= 11 is 0. The number of hydrogen-bond acceptors (Lipinski definition) is 4. The highest BCUT2D eigenvalue weighted by atomic mass is 19.1. The Morgan fingerprint density at radius 2 is 1.90 bits per heavy atom. The fourth-order valence-electron chi connectivity index (χ4n) is 5.41. The predicted octanol–water partition coefficient (Wildman–Crippen LogP) is 3.09. The van der Waals surface area contributed by atoms with Gasteiger partial charge in [0, 0.05) is 36.7 Å². The Labute approximate surface area is 177 Å². The van der Waals surface area contributed by atoms with E-state index in [1.165, 1.54) is 6.07 Å². The fourth-order valence-corrected chi connectivity index (χ4v) is 5.41. The third kappa shape index (κ3) is 4.25. The number of benzene rings is 1. The molecule has 166 valence electrons. The first-order chi connectivity index (χ1) is 14.3. The number of carbonyl (C=O) groups is 1. The highest BCUT2D eigenvalue weighted by Gasteiger charge is 2.44. The SMILES string of the molecule is CC(C)C(=O)N1CCC2(CCN([C@H]3CO[C@H](c4cc(F)ccc4F)[C@@H](N)C3)CC2)C1. The molecule has 0 saturated carbocycles. The molecule has 3 fully saturated rings. The van der Waals surface area contributed by atoms with Gasteiger partial charge in [-0.1, -0.05) is 13.8 Å². The topological polar surface area (TPSA) is 58.8 Å². The first-order valence-corrected chi connectivity index (χ1v) is 11.1. The molecule has 3 atom stereocenters. The van der Waals surface area contributed by atoms with E-state index in [0.29, 0.717) is 13.0 Å². The van der Waals surface area contributed by atoms with E-state index >= 15 is 0 Å². The molecule has 3 heterocycles. The molecule has 30 heavy (non-hydrogen) atoms. The van der Waals surface area contributed by atoms with Gasteiger partial charge in [0.2, 0.25) is 5.91 Å². The van der Waals surface area contributed by atoms with E-state index in [9.17, 15) is 13.6 Å². The largest absolute Gasteiger partial charge is 0.370 e. The van der Waals surface area contributed by atoms with Crippen molar-refractivity contribution in [2.24, 2.45) is 17.1 Å². The molecule has 5 nitrogen and oxygen atoms in total. The van der Waals surface area contributed by atoms with E-state index in [1.54, 1.807) is 0 Å². The van der Waals surface area contributed by atoms with Crippen LogP contribution in [0.1, 0.15) is 51.2 Å². The minimum atomic E-state index is -0.612. The van der Waals surface area contributed by atoms with Crippen molar-refractivity contribution in [1.82, 2.24) is 9.80 Å². The van der Waals surface area contributed by atoms with Gasteiger partial charge < -0.3 is 15.4 Å². The van der Waals surface area contributed by atoms with Crippen LogP contribution in [0, 0.1) is 23.0 Å². The van der Waals surface area contributed by atoms with Crippen LogP contribution in [0.4, 0.5) is 8.78 Å². The third-order valence-electron chi connectivity index (χ3n) is 7.28. The van der Waals surface area contributed by atoms with Gasteiger partial charge in [-0.25, -0.2) is 8.78 Å². The van der Waals surface area contributed by atoms with E-state index in [2.05, 4.69) is 4.90 Å². The zero-order chi connectivity index (χ0) is 21.5. The predicted molar refractivity (Wildman–Crippen MR) is 111 cm³/mol. The number of piperidine rings is 1. The van der Waals surface area contributed by atoms with Gasteiger partial charge in [0.1, 0.15) is 17.7 Å². The standard InChI is InChI=1S/C23H33F2N3O2/c1-15(2)22(29)28-10-7-23(14-28)5-8-27(9-6-23)17-12-20(26)21(30-13-17)18-11-16(24)3-4-19(18)25/h3-4,11,15,17,20-21H,5-10,12-14,26H2,1-2H3/t17-,20+,21-/m1/s1.